The van der Waals surface area contributed by atoms with Crippen LogP contribution in [0.5, 0.6) is 0 Å². The number of likely N-dealkylation sites (tertiary alicyclic amines) is 1. The van der Waals surface area contributed by atoms with E-state index < -0.39 is 0 Å². The van der Waals surface area contributed by atoms with Gasteiger partial charge in [0.1, 0.15) is 12.6 Å². The molecule has 2 aromatic carbocycles. The van der Waals surface area contributed by atoms with Crippen LogP contribution in [0, 0.1) is 11.8 Å². The highest BCUT2D eigenvalue weighted by atomic mass is 16.5. The molecule has 3 atom stereocenters. The molecular formula is C26H33NO3. The third-order valence-electron chi connectivity index (χ3n) is 6.89. The molecule has 0 radical (unpaired) electrons. The fourth-order valence-corrected chi connectivity index (χ4v) is 5.30. The summed E-state index contributed by atoms with van der Waals surface area (Å²) in [5.41, 5.74) is 2.27. The predicted molar refractivity (Wildman–Crippen MR) is 118 cm³/mol. The van der Waals surface area contributed by atoms with Gasteiger partial charge in [-0.3, -0.25) is 9.69 Å². The van der Waals surface area contributed by atoms with Crippen molar-refractivity contribution in [3.63, 3.8) is 0 Å². The first-order chi connectivity index (χ1) is 14.8. The van der Waals surface area contributed by atoms with Crippen LogP contribution in [-0.2, 0) is 16.1 Å². The molecule has 1 saturated carbocycles. The number of carbonyl (C=O) groups is 1. The number of esters is 1. The molecule has 0 unspecified atom stereocenters. The molecule has 2 aliphatic rings. The second-order valence-corrected chi connectivity index (χ2v) is 8.85. The first-order valence-corrected chi connectivity index (χ1v) is 11.4. The Hall–Kier alpha value is -2.17. The molecule has 4 rings (SSSR count). The van der Waals surface area contributed by atoms with Crippen molar-refractivity contribution in [2.45, 2.75) is 50.7 Å². The fraction of sp³-hybridized carbons (Fsp3) is 0.500. The molecule has 1 N–H and O–H groups in total. The number of aliphatic hydroxyl groups excluding tert-OH is 1. The predicted octanol–water partition coefficient (Wildman–Crippen LogP) is 4.39. The van der Waals surface area contributed by atoms with Crippen LogP contribution in [0.1, 0.15) is 49.1 Å². The maximum Gasteiger partial charge on any atom is 0.323 e. The Morgan fingerprint density at radius 3 is 2.30 bits per heavy atom. The summed E-state index contributed by atoms with van der Waals surface area (Å²) >= 11 is 0. The summed E-state index contributed by atoms with van der Waals surface area (Å²) in [6.45, 7) is 2.02. The summed E-state index contributed by atoms with van der Waals surface area (Å²) in [5.74, 6) is 0.650. The Balaban J connectivity index is 1.51. The Morgan fingerprint density at radius 1 is 0.967 bits per heavy atom. The summed E-state index contributed by atoms with van der Waals surface area (Å²) in [5, 5.41) is 10.1. The highest BCUT2D eigenvalue weighted by molar-refractivity contribution is 5.76. The van der Waals surface area contributed by atoms with Gasteiger partial charge in [-0.05, 0) is 29.9 Å². The minimum Gasteiger partial charge on any atom is -0.460 e. The van der Waals surface area contributed by atoms with Gasteiger partial charge in [0.05, 0.1) is 0 Å². The summed E-state index contributed by atoms with van der Waals surface area (Å²) in [7, 11) is 0. The van der Waals surface area contributed by atoms with Crippen molar-refractivity contribution in [2.24, 2.45) is 11.8 Å². The molecule has 4 nitrogen and oxygen atoms in total. The minimum atomic E-state index is -0.211. The normalized spacial score (nSPS) is 23.9. The lowest BCUT2D eigenvalue weighted by Crippen LogP contribution is -2.47. The Morgan fingerprint density at radius 2 is 1.63 bits per heavy atom. The Bertz CT molecular complexity index is 788. The van der Waals surface area contributed by atoms with E-state index in [1.807, 2.05) is 36.4 Å². The molecule has 1 saturated heterocycles. The molecule has 2 aromatic rings. The fourth-order valence-electron chi connectivity index (χ4n) is 5.30. The van der Waals surface area contributed by atoms with Crippen molar-refractivity contribution in [2.75, 3.05) is 19.7 Å². The molecule has 1 aliphatic heterocycles. The van der Waals surface area contributed by atoms with Crippen molar-refractivity contribution in [1.82, 2.24) is 4.90 Å². The van der Waals surface area contributed by atoms with Crippen LogP contribution in [-0.4, -0.2) is 41.7 Å². The number of ether oxygens (including phenoxy) is 1. The monoisotopic (exact) mass is 407 g/mol. The molecule has 0 bridgehead atoms. The van der Waals surface area contributed by atoms with Crippen LogP contribution in [0.2, 0.25) is 0 Å². The average Bonchev–Trinajstić information content (AvgIpc) is 3.24. The topological polar surface area (TPSA) is 49.8 Å². The molecule has 30 heavy (non-hydrogen) atoms. The number of hydrogen-bond donors (Lipinski definition) is 1. The van der Waals surface area contributed by atoms with Gasteiger partial charge in [-0.15, -0.1) is 0 Å². The highest BCUT2D eigenvalue weighted by Gasteiger charge is 2.43. The van der Waals surface area contributed by atoms with E-state index in [0.29, 0.717) is 12.5 Å². The van der Waals surface area contributed by atoms with Crippen molar-refractivity contribution in [3.05, 3.63) is 71.8 Å². The van der Waals surface area contributed by atoms with E-state index in [9.17, 15) is 9.90 Å². The highest BCUT2D eigenvalue weighted by Crippen LogP contribution is 2.38. The number of benzene rings is 2. The molecule has 0 aromatic heterocycles. The molecule has 1 aliphatic carbocycles. The molecule has 1 heterocycles. The maximum absolute atomic E-state index is 13.3. The summed E-state index contributed by atoms with van der Waals surface area (Å²) < 4.78 is 5.82. The van der Waals surface area contributed by atoms with Crippen molar-refractivity contribution < 1.29 is 14.6 Å². The van der Waals surface area contributed by atoms with Crippen LogP contribution >= 0.6 is 0 Å². The average molecular weight is 408 g/mol. The third kappa shape index (κ3) is 4.93. The quantitative estimate of drug-likeness (QED) is 0.692. The zero-order valence-electron chi connectivity index (χ0n) is 17.7. The van der Waals surface area contributed by atoms with Crippen molar-refractivity contribution >= 4 is 5.97 Å². The van der Waals surface area contributed by atoms with Crippen LogP contribution in [0.25, 0.3) is 0 Å². The van der Waals surface area contributed by atoms with Gasteiger partial charge in [0.15, 0.2) is 0 Å². The van der Waals surface area contributed by atoms with Crippen LogP contribution < -0.4 is 0 Å². The van der Waals surface area contributed by atoms with Gasteiger partial charge in [0.25, 0.3) is 0 Å². The number of nitrogens with zero attached hydrogens (tertiary/aromatic N) is 1. The Labute approximate surface area is 179 Å². The van der Waals surface area contributed by atoms with E-state index in [0.717, 1.165) is 31.5 Å². The second-order valence-electron chi connectivity index (χ2n) is 8.85. The van der Waals surface area contributed by atoms with Gasteiger partial charge in [-0.2, -0.15) is 0 Å². The lowest BCUT2D eigenvalue weighted by Gasteiger charge is -2.35. The van der Waals surface area contributed by atoms with E-state index in [4.69, 9.17) is 4.74 Å². The van der Waals surface area contributed by atoms with Gasteiger partial charge >= 0.3 is 5.97 Å². The summed E-state index contributed by atoms with van der Waals surface area (Å²) in [4.78, 5) is 15.6. The van der Waals surface area contributed by atoms with Gasteiger partial charge in [-0.1, -0.05) is 79.9 Å². The SMILES string of the molecule is O=C(OCc1ccccc1)[C@@H](C1CCCCC1)N1C[C@H](CO)[C@@H](c2ccccc2)C1. The van der Waals surface area contributed by atoms with Gasteiger partial charge in [-0.25, -0.2) is 0 Å². The van der Waals surface area contributed by atoms with Crippen LogP contribution in [0.15, 0.2) is 60.7 Å². The minimum absolute atomic E-state index is 0.101. The number of carbonyl (C=O) groups excluding carboxylic acids is 1. The molecule has 160 valence electrons. The molecule has 0 spiro atoms. The van der Waals surface area contributed by atoms with Crippen molar-refractivity contribution in [1.29, 1.82) is 0 Å². The largest absolute Gasteiger partial charge is 0.460 e. The van der Waals surface area contributed by atoms with E-state index in [-0.39, 0.29) is 30.5 Å². The van der Waals surface area contributed by atoms with Crippen molar-refractivity contribution in [3.8, 4) is 0 Å². The zero-order valence-corrected chi connectivity index (χ0v) is 17.7. The van der Waals surface area contributed by atoms with E-state index in [1.165, 1.54) is 24.8 Å². The lowest BCUT2D eigenvalue weighted by atomic mass is 9.83. The zero-order chi connectivity index (χ0) is 20.8. The number of aliphatic hydroxyl groups is 1. The molecule has 2 fully saturated rings. The van der Waals surface area contributed by atoms with Gasteiger partial charge in [0, 0.05) is 31.5 Å². The van der Waals surface area contributed by atoms with E-state index in [2.05, 4.69) is 29.2 Å². The van der Waals surface area contributed by atoms with Crippen LogP contribution in [0.3, 0.4) is 0 Å². The molecular weight excluding hydrogens is 374 g/mol. The van der Waals surface area contributed by atoms with Crippen LogP contribution in [0.4, 0.5) is 0 Å². The number of hydrogen-bond acceptors (Lipinski definition) is 4. The Kier molecular flexibility index (Phi) is 7.19. The number of rotatable bonds is 7. The summed E-state index contributed by atoms with van der Waals surface area (Å²) in [6.07, 6.45) is 5.80. The molecule has 0 amide bonds. The van der Waals surface area contributed by atoms with Gasteiger partial charge < -0.3 is 9.84 Å². The maximum atomic E-state index is 13.3. The summed E-state index contributed by atoms with van der Waals surface area (Å²) in [6, 6.07) is 20.1. The third-order valence-corrected chi connectivity index (χ3v) is 6.89. The first-order valence-electron chi connectivity index (χ1n) is 11.4. The van der Waals surface area contributed by atoms with E-state index in [1.54, 1.807) is 0 Å². The standard InChI is InChI=1S/C26H33NO3/c28-18-23-16-27(17-24(23)21-12-6-2-7-13-21)25(22-14-8-3-9-15-22)26(29)30-19-20-10-4-1-5-11-20/h1-2,4-7,10-13,22-25,28H,3,8-9,14-19H2/t23-,24-,25-/m1/s1. The smallest absolute Gasteiger partial charge is 0.323 e. The lowest BCUT2D eigenvalue weighted by molar-refractivity contribution is -0.154. The van der Waals surface area contributed by atoms with Gasteiger partial charge in [0.2, 0.25) is 0 Å². The van der Waals surface area contributed by atoms with E-state index >= 15 is 0 Å². The molecule has 4 heteroatoms. The second kappa shape index (κ2) is 10.2. The first kappa shape index (κ1) is 21.1.